The minimum Gasteiger partial charge on any atom is -0.496 e. The Balaban J connectivity index is 3.32. The molecular formula is C14H22O2. The number of ether oxygens (including phenoxy) is 1. The first-order chi connectivity index (χ1) is 7.56. The van der Waals surface area contributed by atoms with Gasteiger partial charge in [-0.05, 0) is 49.4 Å². The molecule has 1 rings (SSSR count). The van der Waals surface area contributed by atoms with Crippen molar-refractivity contribution in [3.8, 4) is 5.75 Å². The van der Waals surface area contributed by atoms with Crippen molar-refractivity contribution in [3.63, 3.8) is 0 Å². The van der Waals surface area contributed by atoms with Gasteiger partial charge in [-0.25, -0.2) is 0 Å². The van der Waals surface area contributed by atoms with E-state index in [1.165, 1.54) is 16.7 Å². The maximum atomic E-state index is 9.38. The lowest BCUT2D eigenvalue weighted by molar-refractivity contribution is 0.262. The fourth-order valence-electron chi connectivity index (χ4n) is 2.28. The van der Waals surface area contributed by atoms with Gasteiger partial charge >= 0.3 is 0 Å². The molecule has 1 atom stereocenters. The lowest BCUT2D eigenvalue weighted by Crippen LogP contribution is -2.07. The van der Waals surface area contributed by atoms with E-state index in [4.69, 9.17) is 4.74 Å². The molecule has 0 bridgehead atoms. The first kappa shape index (κ1) is 13.0. The third-order valence-corrected chi connectivity index (χ3v) is 3.42. The molecule has 0 saturated carbocycles. The van der Waals surface area contributed by atoms with Crippen molar-refractivity contribution in [3.05, 3.63) is 28.3 Å². The number of hydrogen-bond acceptors (Lipinski definition) is 2. The van der Waals surface area contributed by atoms with Crippen molar-refractivity contribution in [1.29, 1.82) is 0 Å². The number of aliphatic hydroxyl groups is 1. The standard InChI is InChI=1S/C14H22O2/c1-6-12(8-15)13-7-9(2)14(16-5)11(4)10(13)3/h7,12,15H,6,8H2,1-5H3. The molecule has 1 unspecified atom stereocenters. The van der Waals surface area contributed by atoms with Crippen LogP contribution in [-0.2, 0) is 0 Å². The van der Waals surface area contributed by atoms with Crippen LogP contribution in [0.1, 0.15) is 41.5 Å². The molecule has 1 aromatic carbocycles. The van der Waals surface area contributed by atoms with Crippen LogP contribution in [-0.4, -0.2) is 18.8 Å². The molecule has 0 radical (unpaired) electrons. The summed E-state index contributed by atoms with van der Waals surface area (Å²) in [5.74, 6) is 1.21. The van der Waals surface area contributed by atoms with E-state index in [1.807, 2.05) is 0 Å². The van der Waals surface area contributed by atoms with E-state index < -0.39 is 0 Å². The first-order valence-electron chi connectivity index (χ1n) is 5.82. The molecule has 0 saturated heterocycles. The molecule has 1 N–H and O–H groups in total. The van der Waals surface area contributed by atoms with Gasteiger partial charge < -0.3 is 9.84 Å². The van der Waals surface area contributed by atoms with E-state index >= 15 is 0 Å². The van der Waals surface area contributed by atoms with E-state index in [-0.39, 0.29) is 12.5 Å². The minimum atomic E-state index is 0.211. The molecule has 0 aliphatic carbocycles. The fourth-order valence-corrected chi connectivity index (χ4v) is 2.28. The molecule has 0 aliphatic rings. The van der Waals surface area contributed by atoms with Crippen LogP contribution in [0.5, 0.6) is 5.75 Å². The van der Waals surface area contributed by atoms with Gasteiger partial charge in [-0.1, -0.05) is 13.0 Å². The van der Waals surface area contributed by atoms with Crippen molar-refractivity contribution >= 4 is 0 Å². The van der Waals surface area contributed by atoms with Gasteiger partial charge in [0.15, 0.2) is 0 Å². The Kier molecular flexibility index (Phi) is 4.36. The summed E-state index contributed by atoms with van der Waals surface area (Å²) in [4.78, 5) is 0. The number of aliphatic hydroxyl groups excluding tert-OH is 1. The minimum absolute atomic E-state index is 0.211. The average molecular weight is 222 g/mol. The summed E-state index contributed by atoms with van der Waals surface area (Å²) < 4.78 is 5.40. The molecule has 16 heavy (non-hydrogen) atoms. The van der Waals surface area contributed by atoms with Gasteiger partial charge in [0.2, 0.25) is 0 Å². The molecular weight excluding hydrogens is 200 g/mol. The van der Waals surface area contributed by atoms with Crippen molar-refractivity contribution in [2.24, 2.45) is 0 Å². The number of rotatable bonds is 4. The van der Waals surface area contributed by atoms with Gasteiger partial charge in [-0.3, -0.25) is 0 Å². The van der Waals surface area contributed by atoms with Crippen LogP contribution >= 0.6 is 0 Å². The number of benzene rings is 1. The Hall–Kier alpha value is -1.02. The van der Waals surface area contributed by atoms with E-state index in [0.717, 1.165) is 17.7 Å². The Morgan fingerprint density at radius 1 is 1.25 bits per heavy atom. The highest BCUT2D eigenvalue weighted by molar-refractivity contribution is 5.50. The summed E-state index contributed by atoms with van der Waals surface area (Å²) in [6.07, 6.45) is 0.961. The summed E-state index contributed by atoms with van der Waals surface area (Å²) in [5, 5.41) is 9.38. The second-order valence-electron chi connectivity index (χ2n) is 4.35. The van der Waals surface area contributed by atoms with Crippen molar-refractivity contribution < 1.29 is 9.84 Å². The quantitative estimate of drug-likeness (QED) is 0.848. The summed E-state index contributed by atoms with van der Waals surface area (Å²) in [6, 6.07) is 2.14. The molecule has 2 nitrogen and oxygen atoms in total. The maximum Gasteiger partial charge on any atom is 0.124 e. The summed E-state index contributed by atoms with van der Waals surface area (Å²) in [5.41, 5.74) is 4.82. The molecule has 0 aromatic heterocycles. The highest BCUT2D eigenvalue weighted by atomic mass is 16.5. The van der Waals surface area contributed by atoms with Gasteiger partial charge in [0, 0.05) is 12.5 Å². The Bertz CT molecular complexity index is 365. The molecule has 0 aliphatic heterocycles. The van der Waals surface area contributed by atoms with Crippen LogP contribution < -0.4 is 4.74 Å². The largest absolute Gasteiger partial charge is 0.496 e. The topological polar surface area (TPSA) is 29.5 Å². The zero-order chi connectivity index (χ0) is 12.3. The molecule has 1 aromatic rings. The number of hydrogen-bond donors (Lipinski definition) is 1. The SMILES string of the molecule is CCC(CO)c1cc(C)c(OC)c(C)c1C. The zero-order valence-electron chi connectivity index (χ0n) is 10.9. The Morgan fingerprint density at radius 3 is 2.31 bits per heavy atom. The van der Waals surface area contributed by atoms with E-state index in [0.29, 0.717) is 0 Å². The zero-order valence-corrected chi connectivity index (χ0v) is 10.9. The summed E-state index contributed by atoms with van der Waals surface area (Å²) in [6.45, 7) is 8.55. The third-order valence-electron chi connectivity index (χ3n) is 3.42. The van der Waals surface area contributed by atoms with Gasteiger partial charge in [-0.15, -0.1) is 0 Å². The molecule has 0 amide bonds. The third kappa shape index (κ3) is 2.22. The summed E-state index contributed by atoms with van der Waals surface area (Å²) >= 11 is 0. The highest BCUT2D eigenvalue weighted by Gasteiger charge is 2.16. The van der Waals surface area contributed by atoms with Crippen LogP contribution in [0.25, 0.3) is 0 Å². The predicted molar refractivity (Wildman–Crippen MR) is 67.3 cm³/mol. The van der Waals surface area contributed by atoms with Crippen LogP contribution in [0.15, 0.2) is 6.07 Å². The molecule has 90 valence electrons. The molecule has 0 spiro atoms. The second kappa shape index (κ2) is 5.35. The van der Waals surface area contributed by atoms with Crippen LogP contribution in [0.4, 0.5) is 0 Å². The van der Waals surface area contributed by atoms with Crippen molar-refractivity contribution in [2.75, 3.05) is 13.7 Å². The lowest BCUT2D eigenvalue weighted by Gasteiger charge is -2.20. The molecule has 2 heteroatoms. The van der Waals surface area contributed by atoms with Crippen LogP contribution in [0.3, 0.4) is 0 Å². The number of methoxy groups -OCH3 is 1. The van der Waals surface area contributed by atoms with Gasteiger partial charge in [0.1, 0.15) is 5.75 Å². The fraction of sp³-hybridized carbons (Fsp3) is 0.571. The van der Waals surface area contributed by atoms with Gasteiger partial charge in [-0.2, -0.15) is 0 Å². The van der Waals surface area contributed by atoms with Gasteiger partial charge in [0.05, 0.1) is 7.11 Å². The van der Waals surface area contributed by atoms with Crippen LogP contribution in [0, 0.1) is 20.8 Å². The smallest absolute Gasteiger partial charge is 0.124 e. The van der Waals surface area contributed by atoms with Crippen molar-refractivity contribution in [1.82, 2.24) is 0 Å². The molecule has 0 heterocycles. The second-order valence-corrected chi connectivity index (χ2v) is 4.35. The highest BCUT2D eigenvalue weighted by Crippen LogP contribution is 2.33. The monoisotopic (exact) mass is 222 g/mol. The molecule has 0 fully saturated rings. The maximum absolute atomic E-state index is 9.38. The van der Waals surface area contributed by atoms with E-state index in [1.54, 1.807) is 7.11 Å². The van der Waals surface area contributed by atoms with Gasteiger partial charge in [0.25, 0.3) is 0 Å². The summed E-state index contributed by atoms with van der Waals surface area (Å²) in [7, 11) is 1.71. The van der Waals surface area contributed by atoms with E-state index in [9.17, 15) is 5.11 Å². The first-order valence-corrected chi connectivity index (χ1v) is 5.82. The Labute approximate surface area is 98.3 Å². The van der Waals surface area contributed by atoms with E-state index in [2.05, 4.69) is 33.8 Å². The predicted octanol–water partition coefficient (Wildman–Crippen LogP) is 3.11. The van der Waals surface area contributed by atoms with Crippen molar-refractivity contribution in [2.45, 2.75) is 40.0 Å². The normalized spacial score (nSPS) is 12.6. The Morgan fingerprint density at radius 2 is 1.88 bits per heavy atom. The number of aryl methyl sites for hydroxylation is 1. The average Bonchev–Trinajstić information content (AvgIpc) is 2.27. The van der Waals surface area contributed by atoms with Crippen LogP contribution in [0.2, 0.25) is 0 Å². The lowest BCUT2D eigenvalue weighted by atomic mass is 9.89.